The molecule has 3 nitrogen and oxygen atoms in total. The zero-order valence-electron chi connectivity index (χ0n) is 11.9. The van der Waals surface area contributed by atoms with Gasteiger partial charge in [-0.2, -0.15) is 0 Å². The average Bonchev–Trinajstić information content (AvgIpc) is 3.27. The van der Waals surface area contributed by atoms with Crippen LogP contribution >= 0.6 is 11.6 Å². The predicted octanol–water partition coefficient (Wildman–Crippen LogP) is 3.60. The Kier molecular flexibility index (Phi) is 4.02. The normalized spacial score (nSPS) is 26.5. The van der Waals surface area contributed by atoms with Gasteiger partial charge in [0.05, 0.1) is 12.7 Å². The molecule has 1 saturated carbocycles. The second-order valence-corrected chi connectivity index (χ2v) is 5.97. The maximum Gasteiger partial charge on any atom is 0.255 e. The molecule has 110 valence electrons. The zero-order chi connectivity index (χ0) is 14.8. The average molecular weight is 304 g/mol. The van der Waals surface area contributed by atoms with Gasteiger partial charge in [-0.1, -0.05) is 35.9 Å². The minimum Gasteiger partial charge on any atom is -0.496 e. The highest BCUT2D eigenvalue weighted by Crippen LogP contribution is 2.41. The van der Waals surface area contributed by atoms with E-state index in [2.05, 4.69) is 29.6 Å². The van der Waals surface area contributed by atoms with E-state index in [-0.39, 0.29) is 11.9 Å². The Bertz CT molecular complexity index is 609. The summed E-state index contributed by atoms with van der Waals surface area (Å²) in [6.45, 7) is 0. The van der Waals surface area contributed by atoms with E-state index in [9.17, 15) is 4.79 Å². The van der Waals surface area contributed by atoms with Gasteiger partial charge in [0.25, 0.3) is 5.91 Å². The SMILES string of the molecule is COc1ccc(Cl)cc1C(=O)N[C@@H]1CC1[C@H]1C=CC=CC1. The molecule has 2 aliphatic rings. The molecule has 1 aromatic carbocycles. The van der Waals surface area contributed by atoms with E-state index in [1.165, 1.54) is 0 Å². The molecule has 0 heterocycles. The highest BCUT2D eigenvalue weighted by Gasteiger charge is 2.42. The first kappa shape index (κ1) is 14.2. The smallest absolute Gasteiger partial charge is 0.255 e. The Morgan fingerprint density at radius 2 is 2.24 bits per heavy atom. The molecule has 21 heavy (non-hydrogen) atoms. The van der Waals surface area contributed by atoms with E-state index < -0.39 is 0 Å². The number of carbonyl (C=O) groups excluding carboxylic acids is 1. The Labute approximate surface area is 129 Å². The fraction of sp³-hybridized carbons (Fsp3) is 0.353. The summed E-state index contributed by atoms with van der Waals surface area (Å²) >= 11 is 5.97. The van der Waals surface area contributed by atoms with Gasteiger partial charge in [-0.3, -0.25) is 4.79 Å². The molecule has 0 aromatic heterocycles. The molecular formula is C17H18ClNO2. The lowest BCUT2D eigenvalue weighted by atomic mass is 9.95. The zero-order valence-corrected chi connectivity index (χ0v) is 12.6. The van der Waals surface area contributed by atoms with Crippen LogP contribution in [-0.4, -0.2) is 19.1 Å². The van der Waals surface area contributed by atoms with Crippen molar-refractivity contribution >= 4 is 17.5 Å². The summed E-state index contributed by atoms with van der Waals surface area (Å²) in [5.74, 6) is 1.52. The van der Waals surface area contributed by atoms with Gasteiger partial charge in [0.1, 0.15) is 5.75 Å². The van der Waals surface area contributed by atoms with Crippen LogP contribution < -0.4 is 10.1 Å². The second-order valence-electron chi connectivity index (χ2n) is 5.54. The first-order valence-electron chi connectivity index (χ1n) is 7.17. The summed E-state index contributed by atoms with van der Waals surface area (Å²) in [6, 6.07) is 5.34. The van der Waals surface area contributed by atoms with E-state index in [0.29, 0.717) is 28.2 Å². The van der Waals surface area contributed by atoms with Crippen molar-refractivity contribution in [2.24, 2.45) is 11.8 Å². The predicted molar refractivity (Wildman–Crippen MR) is 83.8 cm³/mol. The van der Waals surface area contributed by atoms with E-state index >= 15 is 0 Å². The van der Waals surface area contributed by atoms with E-state index in [0.717, 1.165) is 12.8 Å². The molecule has 0 spiro atoms. The van der Waals surface area contributed by atoms with Crippen molar-refractivity contribution in [3.05, 3.63) is 53.1 Å². The van der Waals surface area contributed by atoms with Crippen molar-refractivity contribution in [3.8, 4) is 5.75 Å². The summed E-state index contributed by atoms with van der Waals surface area (Å²) in [5.41, 5.74) is 0.495. The van der Waals surface area contributed by atoms with Gasteiger partial charge in [-0.15, -0.1) is 0 Å². The number of carbonyl (C=O) groups is 1. The van der Waals surface area contributed by atoms with Crippen LogP contribution in [0.2, 0.25) is 5.02 Å². The molecule has 3 atom stereocenters. The minimum absolute atomic E-state index is 0.114. The van der Waals surface area contributed by atoms with Crippen LogP contribution in [0.5, 0.6) is 5.75 Å². The lowest BCUT2D eigenvalue weighted by Crippen LogP contribution is -2.28. The molecule has 0 saturated heterocycles. The number of rotatable bonds is 4. The Balaban J connectivity index is 1.64. The van der Waals surface area contributed by atoms with E-state index in [1.807, 2.05) is 0 Å². The molecule has 0 radical (unpaired) electrons. The van der Waals surface area contributed by atoms with Crippen molar-refractivity contribution in [2.75, 3.05) is 7.11 Å². The van der Waals surface area contributed by atoms with Gasteiger partial charge >= 0.3 is 0 Å². The molecule has 0 bridgehead atoms. The highest BCUT2D eigenvalue weighted by molar-refractivity contribution is 6.31. The molecule has 0 aliphatic heterocycles. The molecule has 2 aliphatic carbocycles. The van der Waals surface area contributed by atoms with Gasteiger partial charge < -0.3 is 10.1 Å². The number of benzene rings is 1. The van der Waals surface area contributed by atoms with Crippen LogP contribution in [0.25, 0.3) is 0 Å². The number of hydrogen-bond donors (Lipinski definition) is 1. The minimum atomic E-state index is -0.114. The first-order valence-corrected chi connectivity index (χ1v) is 7.54. The number of nitrogens with one attached hydrogen (secondary N) is 1. The van der Waals surface area contributed by atoms with Crippen LogP contribution in [-0.2, 0) is 0 Å². The monoisotopic (exact) mass is 303 g/mol. The quantitative estimate of drug-likeness (QED) is 0.923. The standard InChI is InChI=1S/C17H18ClNO2/c1-21-16-8-7-12(18)9-14(16)17(20)19-15-10-13(15)11-5-3-2-4-6-11/h2-5,7-9,11,13,15H,6,10H2,1H3,(H,19,20)/t11-,13?,15+/m0/s1. The molecule has 4 heteroatoms. The van der Waals surface area contributed by atoms with Gasteiger partial charge in [0, 0.05) is 11.1 Å². The first-order chi connectivity index (χ1) is 10.2. The molecule has 1 fully saturated rings. The molecule has 1 amide bonds. The van der Waals surface area contributed by atoms with Gasteiger partial charge in [-0.25, -0.2) is 0 Å². The van der Waals surface area contributed by atoms with Gasteiger partial charge in [0.15, 0.2) is 0 Å². The molecule has 1 aromatic rings. The maximum absolute atomic E-state index is 12.4. The number of halogens is 1. The summed E-state index contributed by atoms with van der Waals surface area (Å²) in [7, 11) is 1.55. The van der Waals surface area contributed by atoms with Crippen molar-refractivity contribution in [3.63, 3.8) is 0 Å². The number of amides is 1. The number of ether oxygens (including phenoxy) is 1. The van der Waals surface area contributed by atoms with E-state index in [1.54, 1.807) is 25.3 Å². The van der Waals surface area contributed by atoms with Crippen LogP contribution in [0.3, 0.4) is 0 Å². The van der Waals surface area contributed by atoms with Gasteiger partial charge in [0.2, 0.25) is 0 Å². The fourth-order valence-electron chi connectivity index (χ4n) is 2.87. The lowest BCUT2D eigenvalue weighted by Gasteiger charge is -2.13. The number of methoxy groups -OCH3 is 1. The Morgan fingerprint density at radius 3 is 2.95 bits per heavy atom. The maximum atomic E-state index is 12.4. The highest BCUT2D eigenvalue weighted by atomic mass is 35.5. The third-order valence-corrected chi connectivity index (χ3v) is 4.36. The van der Waals surface area contributed by atoms with Crippen LogP contribution in [0.1, 0.15) is 23.2 Å². The summed E-state index contributed by atoms with van der Waals surface area (Å²) in [5, 5.41) is 3.62. The van der Waals surface area contributed by atoms with Crippen molar-refractivity contribution in [1.82, 2.24) is 5.32 Å². The van der Waals surface area contributed by atoms with Gasteiger partial charge in [-0.05, 0) is 42.9 Å². The fourth-order valence-corrected chi connectivity index (χ4v) is 3.05. The summed E-state index contributed by atoms with van der Waals surface area (Å²) in [6.07, 6.45) is 10.7. The second kappa shape index (κ2) is 5.94. The van der Waals surface area contributed by atoms with Crippen molar-refractivity contribution < 1.29 is 9.53 Å². The molecule has 1 unspecified atom stereocenters. The van der Waals surface area contributed by atoms with Crippen LogP contribution in [0.4, 0.5) is 0 Å². The Hall–Kier alpha value is -1.74. The van der Waals surface area contributed by atoms with Crippen molar-refractivity contribution in [2.45, 2.75) is 18.9 Å². The third-order valence-electron chi connectivity index (χ3n) is 4.13. The number of hydrogen-bond acceptors (Lipinski definition) is 2. The Morgan fingerprint density at radius 1 is 1.38 bits per heavy atom. The van der Waals surface area contributed by atoms with E-state index in [4.69, 9.17) is 16.3 Å². The largest absolute Gasteiger partial charge is 0.496 e. The van der Waals surface area contributed by atoms with Crippen LogP contribution in [0, 0.1) is 11.8 Å². The summed E-state index contributed by atoms with van der Waals surface area (Å²) in [4.78, 5) is 12.4. The van der Waals surface area contributed by atoms with Crippen molar-refractivity contribution in [1.29, 1.82) is 0 Å². The molecule has 3 rings (SSSR count). The van der Waals surface area contributed by atoms with Crippen LogP contribution in [0.15, 0.2) is 42.5 Å². The topological polar surface area (TPSA) is 38.3 Å². The number of allylic oxidation sites excluding steroid dienone is 4. The lowest BCUT2D eigenvalue weighted by molar-refractivity contribution is 0.0945. The molecular weight excluding hydrogens is 286 g/mol. The molecule has 1 N–H and O–H groups in total. The third kappa shape index (κ3) is 3.13. The summed E-state index contributed by atoms with van der Waals surface area (Å²) < 4.78 is 5.23.